The molecular formula is C11H15Br2NO2S. The van der Waals surface area contributed by atoms with Gasteiger partial charge in [0.1, 0.15) is 0 Å². The molecule has 0 aliphatic rings. The van der Waals surface area contributed by atoms with Gasteiger partial charge in [-0.05, 0) is 37.1 Å². The minimum absolute atomic E-state index is 0.108. The van der Waals surface area contributed by atoms with Gasteiger partial charge >= 0.3 is 0 Å². The van der Waals surface area contributed by atoms with E-state index in [-0.39, 0.29) is 16.9 Å². The summed E-state index contributed by atoms with van der Waals surface area (Å²) < 4.78 is 27.6. The molecule has 0 heterocycles. The summed E-state index contributed by atoms with van der Waals surface area (Å²) in [5, 5.41) is 0.761. The summed E-state index contributed by atoms with van der Waals surface area (Å²) in [7, 11) is -3.42. The lowest BCUT2D eigenvalue weighted by Gasteiger charge is -2.19. The third-order valence-corrected chi connectivity index (χ3v) is 5.69. The Morgan fingerprint density at radius 1 is 1.24 bits per heavy atom. The first-order chi connectivity index (χ1) is 7.86. The van der Waals surface area contributed by atoms with Crippen molar-refractivity contribution in [1.82, 2.24) is 4.72 Å². The standard InChI is InChI=1S/C11H15Br2NO2S/c1-8(7-12)9(2)14-17(15,16)11-5-3-10(13)4-6-11/h3-6,8-9,14H,7H2,1-2H3. The summed E-state index contributed by atoms with van der Waals surface area (Å²) in [5.41, 5.74) is 0. The third-order valence-electron chi connectivity index (χ3n) is 2.56. The second kappa shape index (κ2) is 6.31. The van der Waals surface area contributed by atoms with Crippen LogP contribution in [-0.2, 0) is 10.0 Å². The Kier molecular flexibility index (Phi) is 5.63. The van der Waals surface area contributed by atoms with Gasteiger partial charge in [-0.25, -0.2) is 13.1 Å². The molecule has 0 aromatic heterocycles. The number of benzene rings is 1. The van der Waals surface area contributed by atoms with Gasteiger partial charge in [0.15, 0.2) is 0 Å². The number of alkyl halides is 1. The van der Waals surface area contributed by atoms with E-state index in [1.54, 1.807) is 24.3 Å². The molecule has 0 bridgehead atoms. The van der Waals surface area contributed by atoms with Crippen molar-refractivity contribution in [3.05, 3.63) is 28.7 Å². The van der Waals surface area contributed by atoms with Gasteiger partial charge in [-0.15, -0.1) is 0 Å². The Morgan fingerprint density at radius 2 is 1.76 bits per heavy atom. The largest absolute Gasteiger partial charge is 0.240 e. The molecular weight excluding hydrogens is 370 g/mol. The summed E-state index contributed by atoms with van der Waals surface area (Å²) >= 11 is 6.62. The quantitative estimate of drug-likeness (QED) is 0.792. The highest BCUT2D eigenvalue weighted by atomic mass is 79.9. The Bertz CT molecular complexity index is 459. The van der Waals surface area contributed by atoms with Crippen LogP contribution < -0.4 is 4.72 Å². The lowest BCUT2D eigenvalue weighted by molar-refractivity contribution is 0.484. The SMILES string of the molecule is CC(CBr)C(C)NS(=O)(=O)c1ccc(Br)cc1. The molecule has 0 spiro atoms. The molecule has 0 aliphatic carbocycles. The molecule has 0 amide bonds. The predicted molar refractivity (Wildman–Crippen MR) is 76.9 cm³/mol. The molecule has 2 atom stereocenters. The zero-order valence-corrected chi connectivity index (χ0v) is 13.6. The summed E-state index contributed by atoms with van der Waals surface area (Å²) in [6.45, 7) is 3.85. The number of hydrogen-bond acceptors (Lipinski definition) is 2. The van der Waals surface area contributed by atoms with Crippen LogP contribution in [0.1, 0.15) is 13.8 Å². The Labute approximate surface area is 119 Å². The van der Waals surface area contributed by atoms with Crippen molar-refractivity contribution in [2.75, 3.05) is 5.33 Å². The van der Waals surface area contributed by atoms with E-state index in [4.69, 9.17) is 0 Å². The average Bonchev–Trinajstić information content (AvgIpc) is 2.27. The van der Waals surface area contributed by atoms with E-state index in [1.807, 2.05) is 13.8 Å². The summed E-state index contributed by atoms with van der Waals surface area (Å²) in [6.07, 6.45) is 0. The third kappa shape index (κ3) is 4.35. The minimum atomic E-state index is -3.42. The van der Waals surface area contributed by atoms with Crippen LogP contribution >= 0.6 is 31.9 Å². The molecule has 1 N–H and O–H groups in total. The van der Waals surface area contributed by atoms with Gasteiger partial charge in [0.25, 0.3) is 0 Å². The van der Waals surface area contributed by atoms with E-state index >= 15 is 0 Å². The Morgan fingerprint density at radius 3 is 2.24 bits per heavy atom. The maximum atomic E-state index is 12.0. The molecule has 0 fully saturated rings. The topological polar surface area (TPSA) is 46.2 Å². The fourth-order valence-corrected chi connectivity index (χ4v) is 3.35. The van der Waals surface area contributed by atoms with E-state index in [2.05, 4.69) is 36.6 Å². The highest BCUT2D eigenvalue weighted by molar-refractivity contribution is 9.10. The second-order valence-electron chi connectivity index (χ2n) is 4.00. The molecule has 2 unspecified atom stereocenters. The van der Waals surface area contributed by atoms with Crippen LogP contribution in [0.2, 0.25) is 0 Å². The fraction of sp³-hybridized carbons (Fsp3) is 0.455. The Hall–Kier alpha value is 0.0900. The highest BCUT2D eigenvalue weighted by Crippen LogP contribution is 2.16. The number of nitrogens with one attached hydrogen (secondary N) is 1. The predicted octanol–water partition coefficient (Wildman–Crippen LogP) is 3.15. The van der Waals surface area contributed by atoms with Crippen molar-refractivity contribution in [3.63, 3.8) is 0 Å². The van der Waals surface area contributed by atoms with E-state index in [0.29, 0.717) is 0 Å². The van der Waals surface area contributed by atoms with Crippen LogP contribution in [0.15, 0.2) is 33.6 Å². The first-order valence-electron chi connectivity index (χ1n) is 5.20. The van der Waals surface area contributed by atoms with Crippen molar-refractivity contribution >= 4 is 41.9 Å². The van der Waals surface area contributed by atoms with Crippen molar-refractivity contribution in [3.8, 4) is 0 Å². The van der Waals surface area contributed by atoms with Gasteiger partial charge in [-0.1, -0.05) is 38.8 Å². The Balaban J connectivity index is 2.85. The average molecular weight is 385 g/mol. The zero-order chi connectivity index (χ0) is 13.1. The van der Waals surface area contributed by atoms with Crippen molar-refractivity contribution < 1.29 is 8.42 Å². The molecule has 1 aromatic rings. The van der Waals surface area contributed by atoms with Gasteiger partial charge in [-0.2, -0.15) is 0 Å². The molecule has 3 nitrogen and oxygen atoms in total. The maximum absolute atomic E-state index is 12.0. The number of rotatable bonds is 5. The van der Waals surface area contributed by atoms with Crippen LogP contribution in [0.3, 0.4) is 0 Å². The first kappa shape index (κ1) is 15.1. The fourth-order valence-electron chi connectivity index (χ4n) is 1.18. The van der Waals surface area contributed by atoms with Crippen molar-refractivity contribution in [2.45, 2.75) is 24.8 Å². The highest BCUT2D eigenvalue weighted by Gasteiger charge is 2.20. The summed E-state index contributed by atoms with van der Waals surface area (Å²) in [6, 6.07) is 6.49. The van der Waals surface area contributed by atoms with Crippen LogP contribution in [0, 0.1) is 5.92 Å². The monoisotopic (exact) mass is 383 g/mol. The second-order valence-corrected chi connectivity index (χ2v) is 7.27. The number of hydrogen-bond donors (Lipinski definition) is 1. The molecule has 96 valence electrons. The molecule has 0 saturated heterocycles. The van der Waals surface area contributed by atoms with Crippen LogP contribution in [0.25, 0.3) is 0 Å². The first-order valence-corrected chi connectivity index (χ1v) is 8.60. The smallest absolute Gasteiger partial charge is 0.208 e. The van der Waals surface area contributed by atoms with E-state index in [9.17, 15) is 8.42 Å². The summed E-state index contributed by atoms with van der Waals surface area (Å²) in [4.78, 5) is 0.286. The van der Waals surface area contributed by atoms with Gasteiger partial charge in [0.05, 0.1) is 4.90 Å². The van der Waals surface area contributed by atoms with Crippen LogP contribution in [-0.4, -0.2) is 19.8 Å². The number of sulfonamides is 1. The molecule has 0 aliphatic heterocycles. The lowest BCUT2D eigenvalue weighted by Crippen LogP contribution is -2.37. The van der Waals surface area contributed by atoms with E-state index < -0.39 is 10.0 Å². The molecule has 0 saturated carbocycles. The van der Waals surface area contributed by atoms with Gasteiger partial charge in [0.2, 0.25) is 10.0 Å². The molecule has 0 radical (unpaired) electrons. The number of halogens is 2. The summed E-state index contributed by atoms with van der Waals surface area (Å²) in [5.74, 6) is 0.236. The molecule has 17 heavy (non-hydrogen) atoms. The van der Waals surface area contributed by atoms with Gasteiger partial charge < -0.3 is 0 Å². The molecule has 6 heteroatoms. The molecule has 1 aromatic carbocycles. The van der Waals surface area contributed by atoms with Gasteiger partial charge in [0, 0.05) is 15.8 Å². The lowest BCUT2D eigenvalue weighted by atomic mass is 10.1. The molecule has 1 rings (SSSR count). The van der Waals surface area contributed by atoms with Crippen LogP contribution in [0.5, 0.6) is 0 Å². The van der Waals surface area contributed by atoms with E-state index in [0.717, 1.165) is 9.80 Å². The normalized spacial score (nSPS) is 15.5. The minimum Gasteiger partial charge on any atom is -0.208 e. The zero-order valence-electron chi connectivity index (χ0n) is 9.65. The maximum Gasteiger partial charge on any atom is 0.240 e. The van der Waals surface area contributed by atoms with Crippen molar-refractivity contribution in [2.24, 2.45) is 5.92 Å². The van der Waals surface area contributed by atoms with E-state index in [1.165, 1.54) is 0 Å². The van der Waals surface area contributed by atoms with Crippen LogP contribution in [0.4, 0.5) is 0 Å². The van der Waals surface area contributed by atoms with Crippen molar-refractivity contribution in [1.29, 1.82) is 0 Å². The van der Waals surface area contributed by atoms with Gasteiger partial charge in [-0.3, -0.25) is 0 Å².